The largest absolute Gasteiger partial charge is 0.428 e. The molecule has 3 heteroatoms. The van der Waals surface area contributed by atoms with Gasteiger partial charge in [0.15, 0.2) is 0 Å². The van der Waals surface area contributed by atoms with Crippen LogP contribution in [0.1, 0.15) is 24.5 Å². The van der Waals surface area contributed by atoms with Gasteiger partial charge in [0.2, 0.25) is 0 Å². The molecular weight excluding hydrogens is 351 g/mol. The van der Waals surface area contributed by atoms with Gasteiger partial charge in [-0.3, -0.25) is 0 Å². The van der Waals surface area contributed by atoms with Crippen molar-refractivity contribution in [1.82, 2.24) is 0 Å². The van der Waals surface area contributed by atoms with E-state index in [1.165, 1.54) is 6.07 Å². The molecule has 0 N–H and O–H groups in total. The van der Waals surface area contributed by atoms with Gasteiger partial charge in [-0.2, -0.15) is 0 Å². The van der Waals surface area contributed by atoms with E-state index in [9.17, 15) is 9.18 Å². The number of carbonyl (C=O) groups excluding carboxylic acids is 1. The molecule has 0 saturated carbocycles. The van der Waals surface area contributed by atoms with Gasteiger partial charge < -0.3 is 4.74 Å². The fourth-order valence-corrected chi connectivity index (χ4v) is 2.57. The van der Waals surface area contributed by atoms with Gasteiger partial charge in [0.05, 0.1) is 0 Å². The first kappa shape index (κ1) is 20.7. The zero-order valence-corrected chi connectivity index (χ0v) is 15.7. The van der Waals surface area contributed by atoms with Crippen LogP contribution in [0.25, 0.3) is 22.8 Å². The Bertz CT molecular complexity index is 986. The predicted octanol–water partition coefficient (Wildman–Crippen LogP) is 6.18. The lowest BCUT2D eigenvalue weighted by Gasteiger charge is -2.09. The minimum atomic E-state index is -0.543. The monoisotopic (exact) mass is 372 g/mol. The van der Waals surface area contributed by atoms with Crippen molar-refractivity contribution in [2.24, 2.45) is 0 Å². The average molecular weight is 372 g/mol. The van der Waals surface area contributed by atoms with Crippen molar-refractivity contribution in [3.8, 4) is 23.5 Å². The summed E-state index contributed by atoms with van der Waals surface area (Å²) in [6, 6.07) is 12.5. The molecule has 140 valence electrons. The smallest absolute Gasteiger partial charge is 0.335 e. The molecule has 0 fully saturated rings. The fourth-order valence-electron chi connectivity index (χ4n) is 2.57. The number of terminal acetylenes is 1. The highest BCUT2D eigenvalue weighted by Crippen LogP contribution is 2.28. The summed E-state index contributed by atoms with van der Waals surface area (Å²) in [5.74, 6) is 2.07. The number of halogens is 1. The maximum absolute atomic E-state index is 14.7. The number of rotatable bonds is 7. The molecule has 0 spiro atoms. The number of hydrogen-bond acceptors (Lipinski definition) is 2. The van der Waals surface area contributed by atoms with E-state index >= 15 is 0 Å². The third-order valence-corrected chi connectivity index (χ3v) is 4.04. The van der Waals surface area contributed by atoms with Crippen molar-refractivity contribution in [3.05, 3.63) is 96.6 Å². The van der Waals surface area contributed by atoms with Crippen LogP contribution >= 0.6 is 0 Å². The highest BCUT2D eigenvalue weighted by atomic mass is 19.1. The van der Waals surface area contributed by atoms with E-state index in [0.717, 1.165) is 22.8 Å². The van der Waals surface area contributed by atoms with Crippen molar-refractivity contribution in [2.45, 2.75) is 13.3 Å². The molecule has 0 radical (unpaired) electrons. The number of allylic oxidation sites excluding steroid dienone is 4. The first-order valence-electron chi connectivity index (χ1n) is 8.66. The van der Waals surface area contributed by atoms with Crippen LogP contribution in [0.15, 0.2) is 79.6 Å². The van der Waals surface area contributed by atoms with Crippen LogP contribution in [0, 0.1) is 18.2 Å². The lowest BCUT2D eigenvalue weighted by atomic mass is 9.97. The Labute approximate surface area is 165 Å². The molecule has 28 heavy (non-hydrogen) atoms. The Morgan fingerprint density at radius 1 is 1.18 bits per heavy atom. The third kappa shape index (κ3) is 5.43. The normalized spacial score (nSPS) is 11.5. The van der Waals surface area contributed by atoms with Gasteiger partial charge >= 0.3 is 5.97 Å². The highest BCUT2D eigenvalue weighted by Gasteiger charge is 2.09. The Morgan fingerprint density at radius 2 is 1.89 bits per heavy atom. The van der Waals surface area contributed by atoms with Crippen LogP contribution in [0.2, 0.25) is 0 Å². The standard InChI is InChI=1S/C25H21FO2/c1-5-8-20(12-9-18(4)28-25(27)7-3)22-15-16-23(24(26)17-22)21-13-10-19(6-2)11-14-21/h1,6-7,9-17H,2-3,8H2,4H3/b18-9+,20-12+. The van der Waals surface area contributed by atoms with Crippen molar-refractivity contribution in [3.63, 3.8) is 0 Å². The predicted molar refractivity (Wildman–Crippen MR) is 113 cm³/mol. The van der Waals surface area contributed by atoms with Crippen LogP contribution in [-0.4, -0.2) is 5.97 Å². The lowest BCUT2D eigenvalue weighted by molar-refractivity contribution is -0.133. The summed E-state index contributed by atoms with van der Waals surface area (Å²) in [5, 5.41) is 0. The van der Waals surface area contributed by atoms with Gasteiger partial charge in [-0.15, -0.1) is 12.3 Å². The summed E-state index contributed by atoms with van der Waals surface area (Å²) in [4.78, 5) is 11.2. The van der Waals surface area contributed by atoms with Gasteiger partial charge in [0.25, 0.3) is 0 Å². The molecule has 2 rings (SSSR count). The first-order chi connectivity index (χ1) is 13.5. The molecule has 0 aromatic heterocycles. The molecular formula is C25H21FO2. The summed E-state index contributed by atoms with van der Waals surface area (Å²) in [6.45, 7) is 8.71. The molecule has 0 amide bonds. The van der Waals surface area contributed by atoms with Crippen molar-refractivity contribution in [1.29, 1.82) is 0 Å². The van der Waals surface area contributed by atoms with Gasteiger partial charge in [-0.05, 0) is 41.3 Å². The summed E-state index contributed by atoms with van der Waals surface area (Å²) < 4.78 is 19.8. The molecule has 0 aliphatic rings. The topological polar surface area (TPSA) is 26.3 Å². The summed E-state index contributed by atoms with van der Waals surface area (Å²) >= 11 is 0. The maximum atomic E-state index is 14.7. The zero-order valence-electron chi connectivity index (χ0n) is 15.7. The molecule has 2 aromatic carbocycles. The van der Waals surface area contributed by atoms with E-state index in [4.69, 9.17) is 11.2 Å². The Kier molecular flexibility index (Phi) is 7.30. The number of hydrogen-bond donors (Lipinski definition) is 0. The summed E-state index contributed by atoms with van der Waals surface area (Å²) in [5.41, 5.74) is 3.67. The summed E-state index contributed by atoms with van der Waals surface area (Å²) in [7, 11) is 0. The number of carbonyl (C=O) groups is 1. The van der Waals surface area contributed by atoms with Gasteiger partial charge in [0.1, 0.15) is 11.6 Å². The second-order valence-electron chi connectivity index (χ2n) is 6.00. The quantitative estimate of drug-likeness (QED) is 0.191. The Morgan fingerprint density at radius 3 is 2.46 bits per heavy atom. The van der Waals surface area contributed by atoms with E-state index < -0.39 is 5.97 Å². The molecule has 0 saturated heterocycles. The third-order valence-electron chi connectivity index (χ3n) is 4.04. The van der Waals surface area contributed by atoms with Gasteiger partial charge in [-0.1, -0.05) is 61.7 Å². The second kappa shape index (κ2) is 9.89. The Hall–Kier alpha value is -3.64. The zero-order chi connectivity index (χ0) is 20.5. The van der Waals surface area contributed by atoms with Gasteiger partial charge in [-0.25, -0.2) is 9.18 Å². The molecule has 0 unspecified atom stereocenters. The van der Waals surface area contributed by atoms with E-state index in [-0.39, 0.29) is 5.82 Å². The van der Waals surface area contributed by atoms with E-state index in [0.29, 0.717) is 23.3 Å². The van der Waals surface area contributed by atoms with Crippen molar-refractivity contribution >= 4 is 17.6 Å². The number of esters is 1. The van der Waals surface area contributed by atoms with E-state index in [2.05, 4.69) is 19.1 Å². The number of ether oxygens (including phenoxy) is 1. The van der Waals surface area contributed by atoms with Crippen LogP contribution in [0.3, 0.4) is 0 Å². The molecule has 0 aliphatic carbocycles. The minimum absolute atomic E-state index is 0.312. The van der Waals surface area contributed by atoms with Crippen molar-refractivity contribution < 1.29 is 13.9 Å². The fraction of sp³-hybridized carbons (Fsp3) is 0.0800. The average Bonchev–Trinajstić information content (AvgIpc) is 2.71. The summed E-state index contributed by atoms with van der Waals surface area (Å²) in [6.07, 6.45) is 11.9. The van der Waals surface area contributed by atoms with Gasteiger partial charge in [0, 0.05) is 18.1 Å². The SMILES string of the molecule is C#CC/C(=C\C=C(/C)OC(=O)C=C)c1ccc(-c2ccc(C=C)cc2)c(F)c1. The molecule has 2 aromatic rings. The molecule has 0 heterocycles. The highest BCUT2D eigenvalue weighted by molar-refractivity contribution is 5.82. The Balaban J connectivity index is 2.34. The van der Waals surface area contributed by atoms with E-state index in [1.807, 2.05) is 30.3 Å². The first-order valence-corrected chi connectivity index (χ1v) is 8.66. The maximum Gasteiger partial charge on any atom is 0.335 e. The second-order valence-corrected chi connectivity index (χ2v) is 6.00. The molecule has 0 bridgehead atoms. The van der Waals surface area contributed by atoms with Crippen LogP contribution in [0.5, 0.6) is 0 Å². The van der Waals surface area contributed by atoms with Crippen LogP contribution < -0.4 is 0 Å². The number of benzene rings is 2. The van der Waals surface area contributed by atoms with Crippen LogP contribution in [-0.2, 0) is 9.53 Å². The molecule has 2 nitrogen and oxygen atoms in total. The van der Waals surface area contributed by atoms with Crippen LogP contribution in [0.4, 0.5) is 4.39 Å². The van der Waals surface area contributed by atoms with E-state index in [1.54, 1.807) is 31.2 Å². The minimum Gasteiger partial charge on any atom is -0.428 e. The molecule has 0 aliphatic heterocycles. The molecule has 0 atom stereocenters. The lowest BCUT2D eigenvalue weighted by Crippen LogP contribution is -1.97. The van der Waals surface area contributed by atoms with Crippen molar-refractivity contribution in [2.75, 3.05) is 0 Å².